The van der Waals surface area contributed by atoms with Gasteiger partial charge in [-0.2, -0.15) is 0 Å². The summed E-state index contributed by atoms with van der Waals surface area (Å²) in [5, 5.41) is 0. The summed E-state index contributed by atoms with van der Waals surface area (Å²) in [6.07, 6.45) is 5.17. The molecule has 0 unspecified atom stereocenters. The van der Waals surface area contributed by atoms with Crippen molar-refractivity contribution in [3.8, 4) is 0 Å². The van der Waals surface area contributed by atoms with Crippen molar-refractivity contribution < 1.29 is 43.2 Å². The number of carbonyl (C=O) groups is 9. The van der Waals surface area contributed by atoms with Gasteiger partial charge in [0.15, 0.2) is 0 Å². The number of imide groups is 4. The molecular weight excluding hydrogens is 827 g/mol. The van der Waals surface area contributed by atoms with Crippen molar-refractivity contribution in [2.45, 2.75) is 176 Å². The smallest absolute Gasteiger partial charge is 0.260 e. The third kappa shape index (κ3) is 24.4. The van der Waals surface area contributed by atoms with E-state index in [0.717, 1.165) is 50.1 Å². The first-order valence-corrected chi connectivity index (χ1v) is 22.7. The van der Waals surface area contributed by atoms with Crippen LogP contribution in [0.15, 0.2) is 30.3 Å². The van der Waals surface area contributed by atoms with Gasteiger partial charge in [0.25, 0.3) is 5.91 Å². The maximum atomic E-state index is 11.9. The monoisotopic (exact) mass is 916 g/mol. The Bertz CT molecular complexity index is 1720. The van der Waals surface area contributed by atoms with Gasteiger partial charge in [-0.05, 0) is 59.1 Å². The normalized spacial score (nSPS) is 12.7. The Morgan fingerprint density at radius 2 is 0.862 bits per heavy atom. The zero-order valence-electron chi connectivity index (χ0n) is 44.8. The lowest BCUT2D eigenvalue weighted by Gasteiger charge is -2.31. The van der Waals surface area contributed by atoms with Crippen molar-refractivity contribution in [3.63, 3.8) is 0 Å². The number of hydrogen-bond acceptors (Lipinski definition) is 9. The van der Waals surface area contributed by atoms with Gasteiger partial charge in [0.05, 0.1) is 0 Å². The first-order chi connectivity index (χ1) is 29.1. The average Bonchev–Trinajstić information content (AvgIpc) is 3.71. The molecule has 0 saturated heterocycles. The second-order valence-corrected chi connectivity index (χ2v) is 21.5. The average molecular weight is 916 g/mol. The summed E-state index contributed by atoms with van der Waals surface area (Å²) in [6, 6.07) is 8.80. The number of amides is 9. The third-order valence-electron chi connectivity index (χ3n) is 9.78. The maximum absolute atomic E-state index is 11.9. The molecule has 65 heavy (non-hydrogen) atoms. The molecule has 0 heterocycles. The molecule has 0 bridgehead atoms. The largest absolute Gasteiger partial charge is 0.343 e. The Balaban J connectivity index is -0.000000747. The number of benzene rings is 1. The van der Waals surface area contributed by atoms with Crippen LogP contribution in [0.1, 0.15) is 181 Å². The van der Waals surface area contributed by atoms with Gasteiger partial charge in [-0.15, -0.1) is 0 Å². The van der Waals surface area contributed by atoms with E-state index < -0.39 is 21.8 Å². The van der Waals surface area contributed by atoms with Crippen LogP contribution in [0.3, 0.4) is 0 Å². The van der Waals surface area contributed by atoms with Gasteiger partial charge in [-0.25, -0.2) is 0 Å². The minimum atomic E-state index is -0.542. The van der Waals surface area contributed by atoms with Gasteiger partial charge < -0.3 is 4.90 Å². The summed E-state index contributed by atoms with van der Waals surface area (Å²) >= 11 is 0. The van der Waals surface area contributed by atoms with Gasteiger partial charge in [-0.3, -0.25) is 62.8 Å². The van der Waals surface area contributed by atoms with E-state index in [9.17, 15) is 43.2 Å². The van der Waals surface area contributed by atoms with Crippen LogP contribution >= 0.6 is 0 Å². The Hall–Kier alpha value is -4.75. The van der Waals surface area contributed by atoms with Crippen LogP contribution in [0.25, 0.3) is 0 Å². The third-order valence-corrected chi connectivity index (χ3v) is 9.78. The summed E-state index contributed by atoms with van der Waals surface area (Å²) in [5.41, 5.74) is -1.59. The van der Waals surface area contributed by atoms with E-state index in [4.69, 9.17) is 0 Å². The highest BCUT2D eigenvalue weighted by molar-refractivity contribution is 6.05. The van der Waals surface area contributed by atoms with Gasteiger partial charge in [0.1, 0.15) is 0 Å². The zero-order valence-corrected chi connectivity index (χ0v) is 44.8. The first kappa shape index (κ1) is 64.5. The molecule has 0 N–H and O–H groups in total. The topological polar surface area (TPSA) is 170 Å². The van der Waals surface area contributed by atoms with Gasteiger partial charge in [0, 0.05) is 93.7 Å². The van der Waals surface area contributed by atoms with E-state index in [0.29, 0.717) is 5.56 Å². The quantitative estimate of drug-likeness (QED) is 0.280. The second-order valence-electron chi connectivity index (χ2n) is 21.5. The predicted octanol–water partition coefficient (Wildman–Crippen LogP) is 9.05. The van der Waals surface area contributed by atoms with E-state index in [2.05, 4.69) is 6.92 Å². The summed E-state index contributed by atoms with van der Waals surface area (Å²) in [5.74, 6) is -0.952. The minimum Gasteiger partial charge on any atom is -0.343 e. The summed E-state index contributed by atoms with van der Waals surface area (Å²) < 4.78 is 0. The van der Waals surface area contributed by atoms with Crippen LogP contribution in [0.2, 0.25) is 0 Å². The molecule has 1 aliphatic carbocycles. The van der Waals surface area contributed by atoms with Crippen molar-refractivity contribution in [1.82, 2.24) is 24.5 Å². The fourth-order valence-electron chi connectivity index (χ4n) is 6.38. The Kier molecular flexibility index (Phi) is 27.5. The van der Waals surface area contributed by atoms with Crippen molar-refractivity contribution >= 4 is 53.2 Å². The fraction of sp³-hybridized carbons (Fsp3) is 0.706. The number of carbonyl (C=O) groups excluding carboxylic acids is 9. The van der Waals surface area contributed by atoms with Gasteiger partial charge >= 0.3 is 0 Å². The van der Waals surface area contributed by atoms with Crippen molar-refractivity contribution in [1.29, 1.82) is 0 Å². The molecule has 1 aliphatic rings. The molecule has 1 aromatic carbocycles. The molecule has 9 amide bonds. The van der Waals surface area contributed by atoms with Crippen molar-refractivity contribution in [2.24, 2.45) is 27.6 Å². The molecule has 1 fully saturated rings. The number of nitrogens with zero attached hydrogens (tertiary/aromatic N) is 5. The van der Waals surface area contributed by atoms with Crippen molar-refractivity contribution in [3.05, 3.63) is 35.9 Å². The van der Waals surface area contributed by atoms with Crippen LogP contribution in [-0.2, 0) is 38.4 Å². The summed E-state index contributed by atoms with van der Waals surface area (Å²) in [4.78, 5) is 110. The highest BCUT2D eigenvalue weighted by atomic mass is 16.2. The SMILES string of the molecule is CC(=O)N(C(C)=O)C(C)(C)C.CC(=O)N(C)C(=O)C(C)(C)C.CCCN(CC)C(=O)C(C)(C)C.CN(C(=O)C1CCCC1)C(=O)C(C)(C)C.CN(C(=O)c1ccccc1)C(=O)C(C)(C)C. The van der Waals surface area contributed by atoms with Crippen LogP contribution in [0.4, 0.5) is 0 Å². The molecule has 14 nitrogen and oxygen atoms in total. The molecule has 0 aliphatic heterocycles. The van der Waals surface area contributed by atoms with Crippen molar-refractivity contribution in [2.75, 3.05) is 34.2 Å². The lowest BCUT2D eigenvalue weighted by atomic mass is 9.94. The highest BCUT2D eigenvalue weighted by Gasteiger charge is 2.34. The maximum Gasteiger partial charge on any atom is 0.260 e. The van der Waals surface area contributed by atoms with Crippen LogP contribution in [0, 0.1) is 27.6 Å². The summed E-state index contributed by atoms with van der Waals surface area (Å²) in [7, 11) is 4.62. The zero-order chi connectivity index (χ0) is 52.2. The van der Waals surface area contributed by atoms with E-state index in [1.807, 2.05) is 80.2 Å². The second kappa shape index (κ2) is 27.7. The van der Waals surface area contributed by atoms with E-state index in [1.165, 1.54) is 49.6 Å². The van der Waals surface area contributed by atoms with E-state index in [1.54, 1.807) is 72.9 Å². The molecule has 0 aromatic heterocycles. The number of hydrogen-bond donors (Lipinski definition) is 0. The molecule has 1 aromatic rings. The minimum absolute atomic E-state index is 0.00688. The first-order valence-electron chi connectivity index (χ1n) is 22.7. The fourth-order valence-corrected chi connectivity index (χ4v) is 6.38. The molecule has 0 spiro atoms. The molecule has 2 rings (SSSR count). The Morgan fingerprint density at radius 3 is 1.12 bits per heavy atom. The Labute approximate surface area is 393 Å². The lowest BCUT2D eigenvalue weighted by Crippen LogP contribution is -2.47. The predicted molar refractivity (Wildman–Crippen MR) is 260 cm³/mol. The highest BCUT2D eigenvalue weighted by Crippen LogP contribution is 2.28. The number of rotatable bonds is 5. The van der Waals surface area contributed by atoms with Gasteiger partial charge in [0.2, 0.25) is 47.3 Å². The standard InChI is InChI=1S/C13H17NO2.C12H21NO2.C10H21NO.2C8H15NO2/c1-13(2,3)12(16)14(4)11(15)10-8-6-5-7-9-10;1-12(2,3)11(15)13(4)10(14)9-7-5-6-8-9;1-6-8-11(7-2)9(12)10(3,4)5;1-6(10)9(5)7(11)8(2,3)4;1-6(10)9(7(2)11)8(3,4)5/h5-9H,1-4H3;9H,5-8H2,1-4H3;6-8H2,1-5H3;2*1-5H3. The lowest BCUT2D eigenvalue weighted by molar-refractivity contribution is -0.151. The summed E-state index contributed by atoms with van der Waals surface area (Å²) in [6.45, 7) is 37.7. The molecule has 0 radical (unpaired) electrons. The Morgan fingerprint density at radius 1 is 0.508 bits per heavy atom. The molecule has 1 saturated carbocycles. The van der Waals surface area contributed by atoms with Crippen LogP contribution < -0.4 is 0 Å². The molecule has 14 heteroatoms. The van der Waals surface area contributed by atoms with Crippen LogP contribution in [0.5, 0.6) is 0 Å². The van der Waals surface area contributed by atoms with Crippen LogP contribution in [-0.4, -0.2) is 117 Å². The van der Waals surface area contributed by atoms with E-state index >= 15 is 0 Å². The molecule has 372 valence electrons. The molecule has 0 atom stereocenters. The van der Waals surface area contributed by atoms with E-state index in [-0.39, 0.29) is 64.5 Å². The molecular formula is C51H89N5O9. The van der Waals surface area contributed by atoms with Gasteiger partial charge in [-0.1, -0.05) is 121 Å².